The average molecular weight is 325 g/mol. The Kier molecular flexibility index (Phi) is 5.63. The summed E-state index contributed by atoms with van der Waals surface area (Å²) in [5, 5.41) is 0.709. The molecule has 6 nitrogen and oxygen atoms in total. The summed E-state index contributed by atoms with van der Waals surface area (Å²) in [4.78, 5) is 26.9. The fourth-order valence-electron chi connectivity index (χ4n) is 2.53. The molecular formula is C15H21ClN4O2. The third-order valence-corrected chi connectivity index (χ3v) is 4.12. The van der Waals surface area contributed by atoms with Crippen LogP contribution in [0.3, 0.4) is 0 Å². The molecule has 1 aromatic rings. The molecule has 22 heavy (non-hydrogen) atoms. The summed E-state index contributed by atoms with van der Waals surface area (Å²) in [7, 11) is 0. The van der Waals surface area contributed by atoms with Gasteiger partial charge in [0.25, 0.3) is 0 Å². The zero-order valence-electron chi connectivity index (χ0n) is 12.4. The van der Waals surface area contributed by atoms with Crippen molar-refractivity contribution in [1.82, 2.24) is 4.90 Å². The van der Waals surface area contributed by atoms with Gasteiger partial charge < -0.3 is 21.3 Å². The summed E-state index contributed by atoms with van der Waals surface area (Å²) >= 11 is 6.19. The second-order valence-electron chi connectivity index (χ2n) is 5.38. The number of hydrogen-bond acceptors (Lipinski definition) is 4. The quantitative estimate of drug-likeness (QED) is 0.828. The topological polar surface area (TPSA) is 92.7 Å². The summed E-state index contributed by atoms with van der Waals surface area (Å²) in [6.07, 6.45) is 0.422. The lowest BCUT2D eigenvalue weighted by atomic mass is 10.1. The van der Waals surface area contributed by atoms with Crippen molar-refractivity contribution in [2.45, 2.75) is 18.9 Å². The van der Waals surface area contributed by atoms with Gasteiger partial charge in [-0.1, -0.05) is 23.7 Å². The number of primary amides is 1. The van der Waals surface area contributed by atoms with E-state index in [-0.39, 0.29) is 12.3 Å². The molecule has 1 atom stereocenters. The minimum atomic E-state index is -0.667. The van der Waals surface area contributed by atoms with Crippen LogP contribution >= 0.6 is 11.6 Å². The number of carbonyl (C=O) groups is 2. The van der Waals surface area contributed by atoms with E-state index >= 15 is 0 Å². The van der Waals surface area contributed by atoms with E-state index in [0.29, 0.717) is 37.6 Å². The maximum atomic E-state index is 12.2. The van der Waals surface area contributed by atoms with E-state index < -0.39 is 11.9 Å². The highest BCUT2D eigenvalue weighted by atomic mass is 35.5. The van der Waals surface area contributed by atoms with Crippen molar-refractivity contribution in [3.63, 3.8) is 0 Å². The number of rotatable bonds is 5. The predicted molar refractivity (Wildman–Crippen MR) is 86.6 cm³/mol. The van der Waals surface area contributed by atoms with E-state index in [1.807, 2.05) is 24.3 Å². The molecule has 2 amide bonds. The average Bonchev–Trinajstić information content (AvgIpc) is 2.52. The van der Waals surface area contributed by atoms with Crippen LogP contribution in [0.4, 0.5) is 5.69 Å². The number of anilines is 1. The molecule has 1 saturated heterocycles. The molecule has 0 spiro atoms. The van der Waals surface area contributed by atoms with Crippen LogP contribution in [0.2, 0.25) is 5.02 Å². The lowest BCUT2D eigenvalue weighted by Gasteiger charge is -2.37. The molecule has 1 aliphatic rings. The van der Waals surface area contributed by atoms with Gasteiger partial charge in [-0.2, -0.15) is 0 Å². The molecule has 1 aliphatic heterocycles. The molecule has 0 saturated carbocycles. The lowest BCUT2D eigenvalue weighted by Crippen LogP contribution is -2.53. The van der Waals surface area contributed by atoms with Crippen molar-refractivity contribution in [3.05, 3.63) is 29.3 Å². The number of para-hydroxylation sites is 1. The molecule has 120 valence electrons. The minimum absolute atomic E-state index is 0.125. The monoisotopic (exact) mass is 324 g/mol. The number of nitrogens with two attached hydrogens (primary N) is 2. The zero-order chi connectivity index (χ0) is 16.1. The van der Waals surface area contributed by atoms with E-state index in [1.165, 1.54) is 0 Å². The summed E-state index contributed by atoms with van der Waals surface area (Å²) in [5.74, 6) is -0.563. The van der Waals surface area contributed by atoms with Crippen LogP contribution in [0.25, 0.3) is 0 Å². The summed E-state index contributed by atoms with van der Waals surface area (Å²) < 4.78 is 0. The van der Waals surface area contributed by atoms with Gasteiger partial charge in [-0.25, -0.2) is 0 Å². The Morgan fingerprint density at radius 1 is 1.18 bits per heavy atom. The van der Waals surface area contributed by atoms with Gasteiger partial charge in [0.1, 0.15) is 0 Å². The molecule has 0 bridgehead atoms. The van der Waals surface area contributed by atoms with Crippen molar-refractivity contribution in [2.75, 3.05) is 31.1 Å². The summed E-state index contributed by atoms with van der Waals surface area (Å²) in [6.45, 7) is 2.60. The molecule has 0 aliphatic carbocycles. The Hall–Kier alpha value is -1.79. The fourth-order valence-corrected chi connectivity index (χ4v) is 2.79. The Morgan fingerprint density at radius 2 is 1.82 bits per heavy atom. The van der Waals surface area contributed by atoms with Gasteiger partial charge in [-0.05, 0) is 18.6 Å². The highest BCUT2D eigenvalue weighted by Gasteiger charge is 2.26. The SMILES string of the molecule is NC(=O)CCC(N)C(=O)N1CCN(c2ccccc2Cl)CC1. The molecule has 1 unspecified atom stereocenters. The van der Waals surface area contributed by atoms with Crippen LogP contribution in [0.15, 0.2) is 24.3 Å². The smallest absolute Gasteiger partial charge is 0.239 e. The Labute approximate surface area is 135 Å². The Bertz CT molecular complexity index is 544. The summed E-state index contributed by atoms with van der Waals surface area (Å²) in [5.41, 5.74) is 11.9. The van der Waals surface area contributed by atoms with E-state index in [4.69, 9.17) is 23.1 Å². The van der Waals surface area contributed by atoms with Crippen LogP contribution in [0, 0.1) is 0 Å². The molecule has 1 aromatic carbocycles. The van der Waals surface area contributed by atoms with Crippen LogP contribution in [0.5, 0.6) is 0 Å². The fraction of sp³-hybridized carbons (Fsp3) is 0.467. The maximum absolute atomic E-state index is 12.2. The highest BCUT2D eigenvalue weighted by Crippen LogP contribution is 2.26. The molecule has 0 radical (unpaired) electrons. The standard InChI is InChI=1S/C15H21ClN4O2/c16-11-3-1-2-4-13(11)19-7-9-20(10-8-19)15(22)12(17)5-6-14(18)21/h1-4,12H,5-10,17H2,(H2,18,21). The van der Waals surface area contributed by atoms with E-state index in [2.05, 4.69) is 4.90 Å². The predicted octanol–water partition coefficient (Wildman–Crippen LogP) is 0.581. The van der Waals surface area contributed by atoms with E-state index in [9.17, 15) is 9.59 Å². The minimum Gasteiger partial charge on any atom is -0.370 e. The van der Waals surface area contributed by atoms with Gasteiger partial charge >= 0.3 is 0 Å². The van der Waals surface area contributed by atoms with Crippen molar-refractivity contribution >= 4 is 29.1 Å². The van der Waals surface area contributed by atoms with E-state index in [0.717, 1.165) is 5.69 Å². The summed E-state index contributed by atoms with van der Waals surface area (Å²) in [6, 6.07) is 6.99. The molecule has 4 N–H and O–H groups in total. The van der Waals surface area contributed by atoms with Crippen molar-refractivity contribution in [2.24, 2.45) is 11.5 Å². The van der Waals surface area contributed by atoms with Gasteiger partial charge in [0.05, 0.1) is 16.8 Å². The number of piperazine rings is 1. The van der Waals surface area contributed by atoms with Crippen LogP contribution in [-0.4, -0.2) is 48.9 Å². The van der Waals surface area contributed by atoms with Crippen LogP contribution in [0.1, 0.15) is 12.8 Å². The third kappa shape index (κ3) is 4.11. The largest absolute Gasteiger partial charge is 0.370 e. The molecule has 2 rings (SSSR count). The van der Waals surface area contributed by atoms with Gasteiger partial charge in [0, 0.05) is 32.6 Å². The van der Waals surface area contributed by atoms with Gasteiger partial charge in [0.15, 0.2) is 0 Å². The Balaban J connectivity index is 1.88. The lowest BCUT2D eigenvalue weighted by molar-refractivity contribution is -0.133. The van der Waals surface area contributed by atoms with Crippen molar-refractivity contribution in [1.29, 1.82) is 0 Å². The van der Waals surface area contributed by atoms with Crippen molar-refractivity contribution in [3.8, 4) is 0 Å². The first-order valence-corrected chi connectivity index (χ1v) is 7.69. The normalized spacial score (nSPS) is 16.5. The number of halogens is 1. The maximum Gasteiger partial charge on any atom is 0.239 e. The molecule has 0 aromatic heterocycles. The Morgan fingerprint density at radius 3 is 2.41 bits per heavy atom. The number of carbonyl (C=O) groups excluding carboxylic acids is 2. The molecule has 1 fully saturated rings. The van der Waals surface area contributed by atoms with Gasteiger partial charge in [0.2, 0.25) is 11.8 Å². The first kappa shape index (κ1) is 16.6. The number of amides is 2. The van der Waals surface area contributed by atoms with Gasteiger partial charge in [-0.15, -0.1) is 0 Å². The van der Waals surface area contributed by atoms with Crippen molar-refractivity contribution < 1.29 is 9.59 Å². The zero-order valence-corrected chi connectivity index (χ0v) is 13.1. The first-order valence-electron chi connectivity index (χ1n) is 7.31. The van der Waals surface area contributed by atoms with E-state index in [1.54, 1.807) is 4.90 Å². The third-order valence-electron chi connectivity index (χ3n) is 3.80. The van der Waals surface area contributed by atoms with Crippen LogP contribution in [-0.2, 0) is 9.59 Å². The second kappa shape index (κ2) is 7.47. The highest BCUT2D eigenvalue weighted by molar-refractivity contribution is 6.33. The van der Waals surface area contributed by atoms with Crippen LogP contribution < -0.4 is 16.4 Å². The number of nitrogens with zero attached hydrogens (tertiary/aromatic N) is 2. The second-order valence-corrected chi connectivity index (χ2v) is 5.78. The van der Waals surface area contributed by atoms with Gasteiger partial charge in [-0.3, -0.25) is 9.59 Å². The number of hydrogen-bond donors (Lipinski definition) is 2. The molecule has 7 heteroatoms. The molecular weight excluding hydrogens is 304 g/mol. The number of benzene rings is 1. The first-order chi connectivity index (χ1) is 10.5. The molecule has 1 heterocycles.